The lowest BCUT2D eigenvalue weighted by atomic mass is 10.0. The fourth-order valence-corrected chi connectivity index (χ4v) is 3.29. The van der Waals surface area contributed by atoms with Gasteiger partial charge in [-0.15, -0.1) is 0 Å². The molecule has 0 saturated carbocycles. The van der Waals surface area contributed by atoms with Crippen molar-refractivity contribution in [1.82, 2.24) is 24.4 Å². The van der Waals surface area contributed by atoms with Crippen LogP contribution in [0.5, 0.6) is 6.01 Å². The van der Waals surface area contributed by atoms with Crippen molar-refractivity contribution in [1.29, 1.82) is 0 Å². The quantitative estimate of drug-likeness (QED) is 0.738. The molecule has 1 atom stereocenters. The van der Waals surface area contributed by atoms with Gasteiger partial charge in [-0.1, -0.05) is 6.07 Å². The van der Waals surface area contributed by atoms with Crippen LogP contribution >= 0.6 is 0 Å². The molecular weight excluding hydrogens is 302 g/mol. The van der Waals surface area contributed by atoms with Crippen LogP contribution < -0.4 is 4.74 Å². The monoisotopic (exact) mass is 321 g/mol. The molecule has 0 aromatic carbocycles. The Morgan fingerprint density at radius 1 is 1.12 bits per heavy atom. The number of hydrogen-bond donors (Lipinski definition) is 0. The van der Waals surface area contributed by atoms with Crippen molar-refractivity contribution in [3.8, 4) is 6.01 Å². The molecule has 1 unspecified atom stereocenters. The van der Waals surface area contributed by atoms with E-state index in [-0.39, 0.29) is 6.04 Å². The van der Waals surface area contributed by atoms with E-state index in [2.05, 4.69) is 48.8 Å². The van der Waals surface area contributed by atoms with Gasteiger partial charge in [0, 0.05) is 61.9 Å². The maximum atomic E-state index is 5.04. The van der Waals surface area contributed by atoms with Crippen molar-refractivity contribution < 1.29 is 4.74 Å². The van der Waals surface area contributed by atoms with Crippen molar-refractivity contribution in [3.05, 3.63) is 72.1 Å². The molecule has 0 aliphatic carbocycles. The average Bonchev–Trinajstić information content (AvgIpc) is 3.11. The molecule has 0 spiro atoms. The van der Waals surface area contributed by atoms with Crippen molar-refractivity contribution in [2.24, 2.45) is 0 Å². The van der Waals surface area contributed by atoms with Gasteiger partial charge in [0.05, 0.1) is 13.2 Å². The lowest BCUT2D eigenvalue weighted by Gasteiger charge is -2.37. The molecule has 6 heteroatoms. The molecule has 6 nitrogen and oxygen atoms in total. The predicted molar refractivity (Wildman–Crippen MR) is 89.5 cm³/mol. The second-order valence-electron chi connectivity index (χ2n) is 5.86. The SMILES string of the molecule is COc1ncc(CN2CCn3cccc3C2c2cccnc2)cn1. The molecule has 24 heavy (non-hydrogen) atoms. The zero-order chi connectivity index (χ0) is 16.4. The van der Waals surface area contributed by atoms with Gasteiger partial charge in [-0.05, 0) is 23.8 Å². The molecule has 3 aromatic rings. The van der Waals surface area contributed by atoms with Crippen molar-refractivity contribution >= 4 is 0 Å². The van der Waals surface area contributed by atoms with E-state index in [4.69, 9.17) is 4.74 Å². The van der Waals surface area contributed by atoms with Crippen LogP contribution in [0.2, 0.25) is 0 Å². The lowest BCUT2D eigenvalue weighted by Crippen LogP contribution is -2.38. The summed E-state index contributed by atoms with van der Waals surface area (Å²) in [5, 5.41) is 0. The van der Waals surface area contributed by atoms with E-state index >= 15 is 0 Å². The molecule has 0 radical (unpaired) electrons. The summed E-state index contributed by atoms with van der Waals surface area (Å²) < 4.78 is 7.36. The van der Waals surface area contributed by atoms with Crippen LogP contribution in [0.25, 0.3) is 0 Å². The topological polar surface area (TPSA) is 56.1 Å². The van der Waals surface area contributed by atoms with E-state index in [0.29, 0.717) is 6.01 Å². The van der Waals surface area contributed by atoms with Gasteiger partial charge in [-0.25, -0.2) is 9.97 Å². The molecule has 4 heterocycles. The van der Waals surface area contributed by atoms with Gasteiger partial charge < -0.3 is 9.30 Å². The first-order chi connectivity index (χ1) is 11.8. The number of aromatic nitrogens is 4. The van der Waals surface area contributed by atoms with Gasteiger partial charge in [-0.2, -0.15) is 0 Å². The van der Waals surface area contributed by atoms with Crippen LogP contribution in [0, 0.1) is 0 Å². The first kappa shape index (κ1) is 14.8. The first-order valence-corrected chi connectivity index (χ1v) is 7.99. The van der Waals surface area contributed by atoms with Crippen molar-refractivity contribution in [2.75, 3.05) is 13.7 Å². The highest BCUT2D eigenvalue weighted by molar-refractivity contribution is 5.28. The Morgan fingerprint density at radius 3 is 2.75 bits per heavy atom. The Balaban J connectivity index is 1.65. The lowest BCUT2D eigenvalue weighted by molar-refractivity contribution is 0.174. The molecule has 0 saturated heterocycles. The summed E-state index contributed by atoms with van der Waals surface area (Å²) in [6.07, 6.45) is 9.57. The van der Waals surface area contributed by atoms with Crippen LogP contribution in [0.4, 0.5) is 0 Å². The van der Waals surface area contributed by atoms with Crippen LogP contribution in [0.15, 0.2) is 55.2 Å². The smallest absolute Gasteiger partial charge is 0.316 e. The minimum atomic E-state index is 0.185. The van der Waals surface area contributed by atoms with Gasteiger partial charge in [0.25, 0.3) is 0 Å². The van der Waals surface area contributed by atoms with E-state index in [9.17, 15) is 0 Å². The molecule has 1 aliphatic rings. The third-order valence-corrected chi connectivity index (χ3v) is 4.39. The molecule has 0 bridgehead atoms. The van der Waals surface area contributed by atoms with E-state index in [1.807, 2.05) is 30.9 Å². The standard InChI is InChI=1S/C18H19N5O/c1-24-18-20-10-14(11-21-18)13-23-9-8-22-7-3-5-16(22)17(23)15-4-2-6-19-12-15/h2-7,10-12,17H,8-9,13H2,1H3. The summed E-state index contributed by atoms with van der Waals surface area (Å²) in [5.41, 5.74) is 3.57. The highest BCUT2D eigenvalue weighted by Gasteiger charge is 2.28. The second-order valence-corrected chi connectivity index (χ2v) is 5.86. The Morgan fingerprint density at radius 2 is 2.00 bits per heavy atom. The third-order valence-electron chi connectivity index (χ3n) is 4.39. The minimum absolute atomic E-state index is 0.185. The number of ether oxygens (including phenoxy) is 1. The highest BCUT2D eigenvalue weighted by atomic mass is 16.5. The number of fused-ring (bicyclic) bond motifs is 1. The van der Waals surface area contributed by atoms with Crippen molar-refractivity contribution in [3.63, 3.8) is 0 Å². The Kier molecular flexibility index (Phi) is 3.96. The number of pyridine rings is 1. The summed E-state index contributed by atoms with van der Waals surface area (Å²) >= 11 is 0. The Bertz CT molecular complexity index is 800. The first-order valence-electron chi connectivity index (χ1n) is 7.99. The van der Waals surface area contributed by atoms with Gasteiger partial charge in [-0.3, -0.25) is 9.88 Å². The molecule has 3 aromatic heterocycles. The van der Waals surface area contributed by atoms with Crippen LogP contribution in [0.1, 0.15) is 22.9 Å². The fourth-order valence-electron chi connectivity index (χ4n) is 3.29. The normalized spacial score (nSPS) is 17.5. The maximum Gasteiger partial charge on any atom is 0.316 e. The van der Waals surface area contributed by atoms with E-state index in [1.54, 1.807) is 7.11 Å². The molecule has 122 valence electrons. The summed E-state index contributed by atoms with van der Waals surface area (Å²) in [6.45, 7) is 2.73. The summed E-state index contributed by atoms with van der Waals surface area (Å²) in [5.74, 6) is 0. The van der Waals surface area contributed by atoms with Gasteiger partial charge in [0.1, 0.15) is 0 Å². The van der Waals surface area contributed by atoms with Crippen LogP contribution in [-0.2, 0) is 13.1 Å². The largest absolute Gasteiger partial charge is 0.467 e. The summed E-state index contributed by atoms with van der Waals surface area (Å²) in [7, 11) is 1.58. The van der Waals surface area contributed by atoms with E-state index in [1.165, 1.54) is 11.3 Å². The second kappa shape index (κ2) is 6.41. The van der Waals surface area contributed by atoms with Gasteiger partial charge in [0.2, 0.25) is 0 Å². The number of rotatable bonds is 4. The number of nitrogens with zero attached hydrogens (tertiary/aromatic N) is 5. The van der Waals surface area contributed by atoms with E-state index < -0.39 is 0 Å². The van der Waals surface area contributed by atoms with Crippen LogP contribution in [0.3, 0.4) is 0 Å². The summed E-state index contributed by atoms with van der Waals surface area (Å²) in [6, 6.07) is 9.01. The van der Waals surface area contributed by atoms with Crippen molar-refractivity contribution in [2.45, 2.75) is 19.1 Å². The highest BCUT2D eigenvalue weighted by Crippen LogP contribution is 2.32. The number of methoxy groups -OCH3 is 1. The molecule has 1 aliphatic heterocycles. The Hall–Kier alpha value is -2.73. The minimum Gasteiger partial charge on any atom is -0.467 e. The van der Waals surface area contributed by atoms with Gasteiger partial charge >= 0.3 is 6.01 Å². The van der Waals surface area contributed by atoms with Gasteiger partial charge in [0.15, 0.2) is 0 Å². The molecule has 0 amide bonds. The zero-order valence-corrected chi connectivity index (χ0v) is 13.5. The average molecular weight is 321 g/mol. The molecule has 0 N–H and O–H groups in total. The number of hydrogen-bond acceptors (Lipinski definition) is 5. The predicted octanol–water partition coefficient (Wildman–Crippen LogP) is 2.29. The molecule has 0 fully saturated rings. The van der Waals surface area contributed by atoms with E-state index in [0.717, 1.165) is 25.2 Å². The maximum absolute atomic E-state index is 5.04. The third kappa shape index (κ3) is 2.76. The molecule has 4 rings (SSSR count). The van der Waals surface area contributed by atoms with Crippen LogP contribution in [-0.4, -0.2) is 38.1 Å². The zero-order valence-electron chi connectivity index (χ0n) is 13.5. The Labute approximate surface area is 140 Å². The molecular formula is C18H19N5O. The summed E-state index contributed by atoms with van der Waals surface area (Å²) in [4.78, 5) is 15.2. The fraction of sp³-hybridized carbons (Fsp3) is 0.278.